The van der Waals surface area contributed by atoms with Crippen LogP contribution in [-0.2, 0) is 9.59 Å². The first kappa shape index (κ1) is 21.6. The molecule has 1 atom stereocenters. The van der Waals surface area contributed by atoms with Crippen LogP contribution in [0.15, 0.2) is 58.7 Å². The average Bonchev–Trinajstić information content (AvgIpc) is 3.01. The molecule has 2 N–H and O–H groups in total. The molecule has 11 nitrogen and oxygen atoms in total. The largest absolute Gasteiger partial charge is 0.545 e. The van der Waals surface area contributed by atoms with Crippen molar-refractivity contribution >= 4 is 52.3 Å². The van der Waals surface area contributed by atoms with E-state index in [9.17, 15) is 29.6 Å². The zero-order valence-corrected chi connectivity index (χ0v) is 16.5. The molecule has 2 aromatic rings. The second-order valence-corrected chi connectivity index (χ2v) is 7.47. The van der Waals surface area contributed by atoms with Crippen LogP contribution in [0.4, 0.5) is 11.4 Å². The summed E-state index contributed by atoms with van der Waals surface area (Å²) in [6.45, 7) is 0. The van der Waals surface area contributed by atoms with Gasteiger partial charge in [-0.1, -0.05) is 36.0 Å². The average molecular weight is 440 g/mol. The van der Waals surface area contributed by atoms with E-state index in [1.807, 2.05) is 0 Å². The Morgan fingerprint density at radius 1 is 1.23 bits per heavy atom. The molecule has 0 bridgehead atoms. The number of aromatic carboxylic acids is 1. The summed E-state index contributed by atoms with van der Waals surface area (Å²) in [6.07, 6.45) is 1.11. The molecule has 1 aliphatic rings. The normalized spacial score (nSPS) is 16.8. The quantitative estimate of drug-likeness (QED) is 0.224. The lowest BCUT2D eigenvalue weighted by Gasteiger charge is -2.16. The number of rotatable bonds is 6. The maximum Gasteiger partial charge on any atom is 0.270 e. The number of hydrogen-bond donors (Lipinski definition) is 1. The number of carbonyl (C=O) groups is 3. The molecule has 1 aliphatic heterocycles. The summed E-state index contributed by atoms with van der Waals surface area (Å²) >= 11 is 0.836. The minimum Gasteiger partial charge on any atom is -0.545 e. The Morgan fingerprint density at radius 2 is 1.97 bits per heavy atom. The van der Waals surface area contributed by atoms with E-state index in [-0.39, 0.29) is 28.5 Å². The summed E-state index contributed by atoms with van der Waals surface area (Å²) in [4.78, 5) is 47.1. The third kappa shape index (κ3) is 5.11. The zero-order valence-electron chi connectivity index (χ0n) is 15.7. The van der Waals surface area contributed by atoms with Crippen LogP contribution in [-0.4, -0.2) is 39.3 Å². The second kappa shape index (κ2) is 9.17. The highest BCUT2D eigenvalue weighted by Crippen LogP contribution is 2.30. The van der Waals surface area contributed by atoms with Gasteiger partial charge in [-0.15, -0.1) is 5.10 Å². The van der Waals surface area contributed by atoms with E-state index in [4.69, 9.17) is 5.73 Å². The molecule has 1 fully saturated rings. The van der Waals surface area contributed by atoms with E-state index in [0.29, 0.717) is 5.56 Å². The highest BCUT2D eigenvalue weighted by atomic mass is 32.2. The Kier molecular flexibility index (Phi) is 6.40. The molecular formula is C19H14N5O6S-. The molecule has 0 aliphatic carbocycles. The van der Waals surface area contributed by atoms with Gasteiger partial charge in [0.05, 0.1) is 22.8 Å². The summed E-state index contributed by atoms with van der Waals surface area (Å²) in [6, 6.07) is 11.0. The fourth-order valence-corrected chi connectivity index (χ4v) is 3.60. The maximum atomic E-state index is 12.6. The third-order valence-corrected chi connectivity index (χ3v) is 5.13. The SMILES string of the molecule is NC(=N/N=C\c1cccc([N+](=O)[O-])c1)S[C@H]1CC(=O)N(c2cccc(C(=O)[O-])c2)C1=O. The lowest BCUT2D eigenvalue weighted by molar-refractivity contribution is -0.384. The van der Waals surface area contributed by atoms with Gasteiger partial charge in [0.2, 0.25) is 11.8 Å². The van der Waals surface area contributed by atoms with Gasteiger partial charge in [0.1, 0.15) is 5.25 Å². The maximum absolute atomic E-state index is 12.6. The Bertz CT molecular complexity index is 1130. The van der Waals surface area contributed by atoms with E-state index in [0.717, 1.165) is 16.7 Å². The van der Waals surface area contributed by atoms with Crippen LogP contribution in [0.1, 0.15) is 22.3 Å². The number of amidine groups is 1. The van der Waals surface area contributed by atoms with Gasteiger partial charge in [0.15, 0.2) is 5.17 Å². The summed E-state index contributed by atoms with van der Waals surface area (Å²) in [5, 5.41) is 28.3. The smallest absolute Gasteiger partial charge is 0.270 e. The van der Waals surface area contributed by atoms with Crippen LogP contribution in [0.5, 0.6) is 0 Å². The van der Waals surface area contributed by atoms with E-state index < -0.39 is 28.0 Å². The number of nitro groups is 1. The Morgan fingerprint density at radius 3 is 2.68 bits per heavy atom. The molecule has 0 unspecified atom stereocenters. The minimum absolute atomic E-state index is 0.0850. The van der Waals surface area contributed by atoms with Crippen LogP contribution < -0.4 is 15.7 Å². The van der Waals surface area contributed by atoms with Crippen molar-refractivity contribution < 1.29 is 24.4 Å². The van der Waals surface area contributed by atoms with Gasteiger partial charge in [-0.2, -0.15) is 5.10 Å². The molecule has 0 saturated carbocycles. The van der Waals surface area contributed by atoms with Crippen molar-refractivity contribution in [1.82, 2.24) is 0 Å². The molecule has 158 valence electrons. The first-order chi connectivity index (χ1) is 14.8. The first-order valence-electron chi connectivity index (χ1n) is 8.72. The monoisotopic (exact) mass is 440 g/mol. The fourth-order valence-electron chi connectivity index (χ4n) is 2.78. The second-order valence-electron chi connectivity index (χ2n) is 6.25. The van der Waals surface area contributed by atoms with Crippen molar-refractivity contribution in [2.24, 2.45) is 15.9 Å². The first-order valence-corrected chi connectivity index (χ1v) is 9.60. The number of thioether (sulfide) groups is 1. The van der Waals surface area contributed by atoms with E-state index >= 15 is 0 Å². The van der Waals surface area contributed by atoms with E-state index in [2.05, 4.69) is 10.2 Å². The van der Waals surface area contributed by atoms with Gasteiger partial charge >= 0.3 is 0 Å². The minimum atomic E-state index is -1.43. The van der Waals surface area contributed by atoms with Crippen molar-refractivity contribution in [3.05, 3.63) is 69.8 Å². The lowest BCUT2D eigenvalue weighted by Crippen LogP contribution is -2.32. The van der Waals surface area contributed by atoms with Gasteiger partial charge in [0.25, 0.3) is 5.69 Å². The van der Waals surface area contributed by atoms with Gasteiger partial charge in [-0.25, -0.2) is 4.90 Å². The number of nitrogens with zero attached hydrogens (tertiary/aromatic N) is 4. The molecule has 0 aromatic heterocycles. The Hall–Kier alpha value is -4.06. The molecular weight excluding hydrogens is 426 g/mol. The van der Waals surface area contributed by atoms with Crippen molar-refractivity contribution in [3.8, 4) is 0 Å². The Labute approximate surface area is 179 Å². The number of carboxylic acid groups (broad SMARTS) is 1. The fraction of sp³-hybridized carbons (Fsp3) is 0.105. The molecule has 1 saturated heterocycles. The van der Waals surface area contributed by atoms with Gasteiger partial charge < -0.3 is 15.6 Å². The molecule has 12 heteroatoms. The van der Waals surface area contributed by atoms with Crippen molar-refractivity contribution in [3.63, 3.8) is 0 Å². The standard InChI is InChI=1S/C19H15N5O6S/c20-19(22-21-10-11-3-1-6-14(7-11)24(29)30)31-15-9-16(25)23(17(15)26)13-5-2-4-12(8-13)18(27)28/h1-8,10,15H,9H2,(H2,20,22)(H,27,28)/p-1/b21-10-/t15-/m0/s1. The molecule has 31 heavy (non-hydrogen) atoms. The molecule has 1 heterocycles. The van der Waals surface area contributed by atoms with Crippen LogP contribution in [0.2, 0.25) is 0 Å². The van der Waals surface area contributed by atoms with Crippen molar-refractivity contribution in [2.45, 2.75) is 11.7 Å². The predicted molar refractivity (Wildman–Crippen MR) is 112 cm³/mol. The van der Waals surface area contributed by atoms with Crippen molar-refractivity contribution in [2.75, 3.05) is 4.90 Å². The number of carboxylic acids is 1. The van der Waals surface area contributed by atoms with Crippen molar-refractivity contribution in [1.29, 1.82) is 0 Å². The van der Waals surface area contributed by atoms with Crippen LogP contribution >= 0.6 is 11.8 Å². The lowest BCUT2D eigenvalue weighted by atomic mass is 10.2. The number of nitro benzene ring substituents is 1. The van der Waals surface area contributed by atoms with Crippen LogP contribution in [0, 0.1) is 10.1 Å². The molecule has 0 radical (unpaired) electrons. The molecule has 2 aromatic carbocycles. The van der Waals surface area contributed by atoms with Gasteiger partial charge in [0, 0.05) is 24.1 Å². The van der Waals surface area contributed by atoms with Gasteiger partial charge in [-0.3, -0.25) is 19.7 Å². The number of carbonyl (C=O) groups excluding carboxylic acids is 3. The summed E-state index contributed by atoms with van der Waals surface area (Å²) < 4.78 is 0. The summed E-state index contributed by atoms with van der Waals surface area (Å²) in [5.41, 5.74) is 6.07. The number of anilines is 1. The van der Waals surface area contributed by atoms with Crippen LogP contribution in [0.3, 0.4) is 0 Å². The number of nitrogens with two attached hydrogens (primary N) is 1. The third-order valence-electron chi connectivity index (χ3n) is 4.15. The number of imide groups is 1. The number of amides is 2. The Balaban J connectivity index is 1.69. The topological polar surface area (TPSA) is 171 Å². The number of hydrogen-bond acceptors (Lipinski definition) is 9. The molecule has 3 rings (SSSR count). The number of benzene rings is 2. The summed E-state index contributed by atoms with van der Waals surface area (Å²) in [7, 11) is 0. The highest BCUT2D eigenvalue weighted by molar-refractivity contribution is 8.14. The predicted octanol–water partition coefficient (Wildman–Crippen LogP) is 0.672. The highest BCUT2D eigenvalue weighted by Gasteiger charge is 2.40. The zero-order chi connectivity index (χ0) is 22.5. The van der Waals surface area contributed by atoms with Gasteiger partial charge in [-0.05, 0) is 17.7 Å². The van der Waals surface area contributed by atoms with Crippen LogP contribution in [0.25, 0.3) is 0 Å². The van der Waals surface area contributed by atoms with E-state index in [1.165, 1.54) is 48.7 Å². The summed E-state index contributed by atoms with van der Waals surface area (Å²) in [5.74, 6) is -2.50. The number of non-ortho nitro benzene ring substituents is 1. The van der Waals surface area contributed by atoms with E-state index in [1.54, 1.807) is 6.07 Å². The molecule has 2 amide bonds. The molecule has 0 spiro atoms.